The summed E-state index contributed by atoms with van der Waals surface area (Å²) < 4.78 is 31.2. The zero-order valence-corrected chi connectivity index (χ0v) is 24.0. The van der Waals surface area contributed by atoms with Gasteiger partial charge in [0.1, 0.15) is 12.4 Å². The highest BCUT2D eigenvalue weighted by atomic mass is 35.5. The first kappa shape index (κ1) is 33.7. The number of benzene rings is 2. The van der Waals surface area contributed by atoms with Gasteiger partial charge in [0.15, 0.2) is 11.6 Å². The Labute approximate surface area is 235 Å². The molecule has 0 aliphatic rings. The van der Waals surface area contributed by atoms with Gasteiger partial charge in [0.05, 0.1) is 25.3 Å². The van der Waals surface area contributed by atoms with Crippen LogP contribution < -0.4 is 5.73 Å². The Hall–Kier alpha value is -3.32. The lowest BCUT2D eigenvalue weighted by molar-refractivity contribution is -0.140. The van der Waals surface area contributed by atoms with Crippen LogP contribution in [0.15, 0.2) is 48.5 Å². The number of hydrogen-bond acceptors (Lipinski definition) is 5. The molecule has 212 valence electrons. The summed E-state index contributed by atoms with van der Waals surface area (Å²) in [6, 6.07) is 13.6. The van der Waals surface area contributed by atoms with Gasteiger partial charge in [-0.2, -0.15) is 5.10 Å². The molecule has 2 aromatic carbocycles. The molecule has 0 aliphatic carbocycles. The quantitative estimate of drug-likeness (QED) is 0.329. The van der Waals surface area contributed by atoms with E-state index in [0.29, 0.717) is 44.1 Å². The molecule has 1 atom stereocenters. The molecule has 0 saturated carbocycles. The second-order valence-electron chi connectivity index (χ2n) is 9.49. The molecule has 3 aromatic rings. The third kappa shape index (κ3) is 9.43. The summed E-state index contributed by atoms with van der Waals surface area (Å²) in [7, 11) is 1.99. The maximum atomic E-state index is 14.8. The molecule has 0 spiro atoms. The fourth-order valence-corrected chi connectivity index (χ4v) is 4.24. The molecule has 1 amide bonds. The molecule has 39 heavy (non-hydrogen) atoms. The summed E-state index contributed by atoms with van der Waals surface area (Å²) in [6.07, 6.45) is 8.62. The van der Waals surface area contributed by atoms with E-state index >= 15 is 0 Å². The van der Waals surface area contributed by atoms with Crippen molar-refractivity contribution in [1.82, 2.24) is 19.7 Å². The standard InChI is InChI=1S/C26H33ClFN5O2.C2H2.CH3F/c1-26(2,3)23(32(14-8-13-29)22(34)17-35-4)25-30-24(20-15-19(27)11-12-21(20)28)31-33(25)16-18-9-6-5-7-10-18;2*1-2/h5-7,9-12,15,23H,8,13-14,16-17,29H2,1-4H3;1-2H;1H3/t23-;;/m0../s1. The monoisotopic (exact) mass is 561 g/mol. The molecule has 0 fully saturated rings. The van der Waals surface area contributed by atoms with Gasteiger partial charge in [-0.1, -0.05) is 62.7 Å². The smallest absolute Gasteiger partial charge is 0.249 e. The van der Waals surface area contributed by atoms with E-state index in [9.17, 15) is 13.6 Å². The first-order chi connectivity index (χ1) is 18.7. The van der Waals surface area contributed by atoms with Crippen LogP contribution in [0.5, 0.6) is 0 Å². The molecular weight excluding hydrogens is 524 g/mol. The SMILES string of the molecule is C#C.CF.COCC(=O)N(CCCN)[C@@H](c1nc(-c2cc(Cl)ccc2F)nn1Cc1ccccc1)C(C)(C)C. The number of amides is 1. The fourth-order valence-electron chi connectivity index (χ4n) is 4.07. The highest BCUT2D eigenvalue weighted by Gasteiger charge is 2.38. The number of carbonyl (C=O) groups excluding carboxylic acids is 1. The molecule has 1 heterocycles. The summed E-state index contributed by atoms with van der Waals surface area (Å²) in [6.45, 7) is 7.31. The van der Waals surface area contributed by atoms with Crippen LogP contribution in [0.3, 0.4) is 0 Å². The van der Waals surface area contributed by atoms with Gasteiger partial charge in [-0.05, 0) is 42.1 Å². The maximum absolute atomic E-state index is 14.8. The average molecular weight is 562 g/mol. The fraction of sp³-hybridized carbons (Fsp3) is 0.414. The molecule has 1 aromatic heterocycles. The van der Waals surface area contributed by atoms with Gasteiger partial charge in [0.2, 0.25) is 5.91 Å². The average Bonchev–Trinajstić information content (AvgIpc) is 3.32. The molecular formula is C29H38ClF2N5O2. The van der Waals surface area contributed by atoms with Crippen LogP contribution in [0.2, 0.25) is 5.02 Å². The van der Waals surface area contributed by atoms with Crippen molar-refractivity contribution in [3.8, 4) is 24.2 Å². The van der Waals surface area contributed by atoms with E-state index in [4.69, 9.17) is 32.2 Å². The van der Waals surface area contributed by atoms with Crippen LogP contribution in [0.4, 0.5) is 8.78 Å². The number of methoxy groups -OCH3 is 1. The summed E-state index contributed by atoms with van der Waals surface area (Å²) >= 11 is 6.15. The number of nitrogens with two attached hydrogens (primary N) is 1. The van der Waals surface area contributed by atoms with E-state index in [2.05, 4.69) is 12.8 Å². The second kappa shape index (κ2) is 16.6. The Kier molecular flexibility index (Phi) is 14.3. The Bertz CT molecular complexity index is 1180. The Morgan fingerprint density at radius 1 is 1.18 bits per heavy atom. The number of nitrogens with zero attached hydrogens (tertiary/aromatic N) is 4. The van der Waals surface area contributed by atoms with Gasteiger partial charge in [-0.25, -0.2) is 14.1 Å². The normalized spacial score (nSPS) is 11.5. The molecule has 3 rings (SSSR count). The highest BCUT2D eigenvalue weighted by molar-refractivity contribution is 6.30. The van der Waals surface area contributed by atoms with Crippen LogP contribution in [0.1, 0.15) is 44.6 Å². The van der Waals surface area contributed by atoms with Crippen LogP contribution in [-0.4, -0.2) is 59.6 Å². The summed E-state index contributed by atoms with van der Waals surface area (Å²) in [5, 5.41) is 5.08. The summed E-state index contributed by atoms with van der Waals surface area (Å²) in [5.41, 5.74) is 6.56. The molecule has 10 heteroatoms. The first-order valence-corrected chi connectivity index (χ1v) is 12.7. The van der Waals surface area contributed by atoms with Crippen molar-refractivity contribution in [3.05, 3.63) is 70.8 Å². The lowest BCUT2D eigenvalue weighted by Crippen LogP contribution is -2.45. The van der Waals surface area contributed by atoms with Crippen molar-refractivity contribution in [2.45, 2.75) is 39.8 Å². The largest absolute Gasteiger partial charge is 0.375 e. The van der Waals surface area contributed by atoms with Crippen molar-refractivity contribution in [2.24, 2.45) is 11.1 Å². The van der Waals surface area contributed by atoms with E-state index in [1.807, 2.05) is 51.1 Å². The molecule has 0 saturated heterocycles. The van der Waals surface area contributed by atoms with Gasteiger partial charge in [0, 0.05) is 18.7 Å². The minimum Gasteiger partial charge on any atom is -0.375 e. The minimum atomic E-state index is -0.472. The lowest BCUT2D eigenvalue weighted by Gasteiger charge is -2.39. The predicted octanol–water partition coefficient (Wildman–Crippen LogP) is 5.53. The maximum Gasteiger partial charge on any atom is 0.249 e. The third-order valence-electron chi connectivity index (χ3n) is 5.61. The van der Waals surface area contributed by atoms with Crippen molar-refractivity contribution in [3.63, 3.8) is 0 Å². The number of halogens is 3. The molecule has 7 nitrogen and oxygen atoms in total. The first-order valence-electron chi connectivity index (χ1n) is 12.3. The summed E-state index contributed by atoms with van der Waals surface area (Å²) in [4.78, 5) is 19.7. The number of alkyl halides is 1. The van der Waals surface area contributed by atoms with Crippen LogP contribution in [0.25, 0.3) is 11.4 Å². The summed E-state index contributed by atoms with van der Waals surface area (Å²) in [5.74, 6) is 0.117. The number of hydrogen-bond donors (Lipinski definition) is 1. The van der Waals surface area contributed by atoms with E-state index in [-0.39, 0.29) is 23.9 Å². The Morgan fingerprint density at radius 2 is 1.82 bits per heavy atom. The van der Waals surface area contributed by atoms with Gasteiger partial charge in [-0.3, -0.25) is 9.18 Å². The van der Waals surface area contributed by atoms with Gasteiger partial charge < -0.3 is 15.4 Å². The molecule has 0 aliphatic heterocycles. The molecule has 0 unspecified atom stereocenters. The molecule has 0 radical (unpaired) electrons. The van der Waals surface area contributed by atoms with Crippen molar-refractivity contribution in [2.75, 3.05) is 34.0 Å². The number of aromatic nitrogens is 3. The van der Waals surface area contributed by atoms with Crippen molar-refractivity contribution >= 4 is 17.5 Å². The van der Waals surface area contributed by atoms with Crippen LogP contribution in [-0.2, 0) is 16.1 Å². The van der Waals surface area contributed by atoms with E-state index in [1.165, 1.54) is 25.3 Å². The predicted molar refractivity (Wildman–Crippen MR) is 152 cm³/mol. The zero-order chi connectivity index (χ0) is 29.6. The Balaban J connectivity index is 0.00000181. The number of terminal acetylenes is 1. The number of rotatable bonds is 10. The lowest BCUT2D eigenvalue weighted by atomic mass is 9.84. The molecule has 2 N–H and O–H groups in total. The van der Waals surface area contributed by atoms with Gasteiger partial charge >= 0.3 is 0 Å². The van der Waals surface area contributed by atoms with E-state index in [1.54, 1.807) is 9.58 Å². The van der Waals surface area contributed by atoms with E-state index < -0.39 is 17.3 Å². The van der Waals surface area contributed by atoms with Crippen molar-refractivity contribution in [1.29, 1.82) is 0 Å². The number of ether oxygens (including phenoxy) is 1. The second-order valence-corrected chi connectivity index (χ2v) is 9.93. The van der Waals surface area contributed by atoms with Crippen molar-refractivity contribution < 1.29 is 18.3 Å². The van der Waals surface area contributed by atoms with Crippen LogP contribution in [0, 0.1) is 24.1 Å². The minimum absolute atomic E-state index is 0.0697. The molecule has 0 bridgehead atoms. The van der Waals surface area contributed by atoms with Gasteiger partial charge in [-0.15, -0.1) is 12.8 Å². The number of carbonyl (C=O) groups is 1. The topological polar surface area (TPSA) is 86.3 Å². The third-order valence-corrected chi connectivity index (χ3v) is 5.85. The van der Waals surface area contributed by atoms with Gasteiger partial charge in [0.25, 0.3) is 0 Å². The Morgan fingerprint density at radius 3 is 2.38 bits per heavy atom. The highest BCUT2D eigenvalue weighted by Crippen LogP contribution is 2.39. The zero-order valence-electron chi connectivity index (χ0n) is 23.2. The van der Waals surface area contributed by atoms with Crippen LogP contribution >= 0.6 is 11.6 Å². The van der Waals surface area contributed by atoms with E-state index in [0.717, 1.165) is 5.56 Å².